The summed E-state index contributed by atoms with van der Waals surface area (Å²) >= 11 is 1.71. The molecule has 0 saturated carbocycles. The lowest BCUT2D eigenvalue weighted by Gasteiger charge is -2.31. The molecule has 0 bridgehead atoms. The van der Waals surface area contributed by atoms with Crippen LogP contribution < -0.4 is 5.32 Å². The normalized spacial score (nSPS) is 16.3. The summed E-state index contributed by atoms with van der Waals surface area (Å²) in [7, 11) is 0. The van der Waals surface area contributed by atoms with Crippen molar-refractivity contribution in [2.75, 3.05) is 19.6 Å². The van der Waals surface area contributed by atoms with Gasteiger partial charge in [-0.15, -0.1) is 0 Å². The standard InChI is InChI=1S/C13H18N2O3S/c16-12(17)1-5-14-13(18)15-6-2-10(3-7-15)11-4-8-19-9-11/h4,8-10H,1-3,5-7H2,(H,14,18)(H,16,17). The molecule has 0 aliphatic carbocycles. The van der Waals surface area contributed by atoms with Crippen molar-refractivity contribution in [2.45, 2.75) is 25.2 Å². The van der Waals surface area contributed by atoms with Gasteiger partial charge >= 0.3 is 12.0 Å². The summed E-state index contributed by atoms with van der Waals surface area (Å²) < 4.78 is 0. The van der Waals surface area contributed by atoms with Crippen LogP contribution in [0.2, 0.25) is 0 Å². The van der Waals surface area contributed by atoms with Crippen LogP contribution in [0.5, 0.6) is 0 Å². The van der Waals surface area contributed by atoms with Crippen LogP contribution in [0.25, 0.3) is 0 Å². The molecule has 2 rings (SSSR count). The quantitative estimate of drug-likeness (QED) is 0.888. The van der Waals surface area contributed by atoms with Crippen molar-refractivity contribution in [3.8, 4) is 0 Å². The van der Waals surface area contributed by atoms with Crippen molar-refractivity contribution in [2.24, 2.45) is 0 Å². The monoisotopic (exact) mass is 282 g/mol. The molecule has 2 amide bonds. The Kier molecular flexibility index (Phi) is 4.79. The van der Waals surface area contributed by atoms with Gasteiger partial charge in [0, 0.05) is 19.6 Å². The van der Waals surface area contributed by atoms with E-state index in [9.17, 15) is 9.59 Å². The van der Waals surface area contributed by atoms with Gasteiger partial charge in [0.25, 0.3) is 0 Å². The second-order valence-electron chi connectivity index (χ2n) is 4.69. The number of carbonyl (C=O) groups is 2. The number of likely N-dealkylation sites (tertiary alicyclic amines) is 1. The number of carbonyl (C=O) groups excluding carboxylic acids is 1. The predicted molar refractivity (Wildman–Crippen MR) is 73.5 cm³/mol. The van der Waals surface area contributed by atoms with Gasteiger partial charge in [-0.3, -0.25) is 4.79 Å². The van der Waals surface area contributed by atoms with E-state index in [-0.39, 0.29) is 19.0 Å². The largest absolute Gasteiger partial charge is 0.481 e. The fraction of sp³-hybridized carbons (Fsp3) is 0.538. The molecule has 1 aromatic rings. The smallest absolute Gasteiger partial charge is 0.317 e. The van der Waals surface area contributed by atoms with Crippen LogP contribution in [-0.4, -0.2) is 41.6 Å². The second kappa shape index (κ2) is 6.56. The van der Waals surface area contributed by atoms with Gasteiger partial charge in [0.05, 0.1) is 6.42 Å². The van der Waals surface area contributed by atoms with E-state index in [1.165, 1.54) is 5.56 Å². The van der Waals surface area contributed by atoms with E-state index >= 15 is 0 Å². The molecule has 2 N–H and O–H groups in total. The molecule has 2 heterocycles. The van der Waals surface area contributed by atoms with E-state index in [2.05, 4.69) is 22.1 Å². The van der Waals surface area contributed by atoms with Gasteiger partial charge in [0.15, 0.2) is 0 Å². The van der Waals surface area contributed by atoms with Crippen molar-refractivity contribution >= 4 is 23.3 Å². The number of aliphatic carboxylic acids is 1. The van der Waals surface area contributed by atoms with Crippen LogP contribution >= 0.6 is 11.3 Å². The van der Waals surface area contributed by atoms with E-state index < -0.39 is 5.97 Å². The number of hydrogen-bond donors (Lipinski definition) is 2. The Morgan fingerprint density at radius 2 is 2.16 bits per heavy atom. The van der Waals surface area contributed by atoms with Gasteiger partial charge < -0.3 is 15.3 Å². The summed E-state index contributed by atoms with van der Waals surface area (Å²) in [5.74, 6) is -0.342. The molecule has 6 heteroatoms. The third-order valence-electron chi connectivity index (χ3n) is 3.41. The van der Waals surface area contributed by atoms with Gasteiger partial charge in [-0.2, -0.15) is 11.3 Å². The molecule has 1 aliphatic heterocycles. The second-order valence-corrected chi connectivity index (χ2v) is 5.47. The van der Waals surface area contributed by atoms with Crippen LogP contribution in [0.1, 0.15) is 30.7 Å². The average Bonchev–Trinajstić information content (AvgIpc) is 2.92. The first-order valence-electron chi connectivity index (χ1n) is 6.43. The molecule has 104 valence electrons. The van der Waals surface area contributed by atoms with E-state index in [1.807, 2.05) is 0 Å². The number of nitrogens with zero attached hydrogens (tertiary/aromatic N) is 1. The number of amides is 2. The van der Waals surface area contributed by atoms with Crippen molar-refractivity contribution in [3.63, 3.8) is 0 Å². The lowest BCUT2D eigenvalue weighted by Crippen LogP contribution is -2.44. The van der Waals surface area contributed by atoms with E-state index in [0.29, 0.717) is 5.92 Å². The molecule has 1 aromatic heterocycles. The molecule has 0 spiro atoms. The van der Waals surface area contributed by atoms with Crippen LogP contribution in [-0.2, 0) is 4.79 Å². The molecule has 5 nitrogen and oxygen atoms in total. The van der Waals surface area contributed by atoms with Crippen molar-refractivity contribution in [1.82, 2.24) is 10.2 Å². The lowest BCUT2D eigenvalue weighted by molar-refractivity contribution is -0.136. The highest BCUT2D eigenvalue weighted by atomic mass is 32.1. The first kappa shape index (κ1) is 13.9. The average molecular weight is 282 g/mol. The molecule has 1 aliphatic rings. The topological polar surface area (TPSA) is 69.6 Å². The molecule has 0 radical (unpaired) electrons. The van der Waals surface area contributed by atoms with Crippen LogP contribution in [0.4, 0.5) is 4.79 Å². The zero-order chi connectivity index (χ0) is 13.7. The fourth-order valence-electron chi connectivity index (χ4n) is 2.31. The zero-order valence-electron chi connectivity index (χ0n) is 10.7. The van der Waals surface area contributed by atoms with Crippen LogP contribution in [0.3, 0.4) is 0 Å². The summed E-state index contributed by atoms with van der Waals surface area (Å²) in [4.78, 5) is 23.9. The Labute approximate surface area is 116 Å². The summed E-state index contributed by atoms with van der Waals surface area (Å²) in [5.41, 5.74) is 1.37. The number of urea groups is 1. The SMILES string of the molecule is O=C(O)CCNC(=O)N1CCC(c2ccsc2)CC1. The Morgan fingerprint density at radius 3 is 2.74 bits per heavy atom. The number of rotatable bonds is 4. The molecule has 19 heavy (non-hydrogen) atoms. The first-order valence-corrected chi connectivity index (χ1v) is 7.38. The Balaban J connectivity index is 1.73. The van der Waals surface area contributed by atoms with E-state index in [4.69, 9.17) is 5.11 Å². The highest BCUT2D eigenvalue weighted by Crippen LogP contribution is 2.29. The number of nitrogens with one attached hydrogen (secondary N) is 1. The minimum Gasteiger partial charge on any atom is -0.481 e. The lowest BCUT2D eigenvalue weighted by atomic mass is 9.91. The highest BCUT2D eigenvalue weighted by Gasteiger charge is 2.23. The van der Waals surface area contributed by atoms with Crippen molar-refractivity contribution in [1.29, 1.82) is 0 Å². The molecule has 1 fully saturated rings. The molecule has 0 atom stereocenters. The summed E-state index contributed by atoms with van der Waals surface area (Å²) in [6.07, 6.45) is 1.92. The Morgan fingerprint density at radius 1 is 1.42 bits per heavy atom. The summed E-state index contributed by atoms with van der Waals surface area (Å²) in [6.45, 7) is 1.66. The fourth-order valence-corrected chi connectivity index (χ4v) is 3.05. The third-order valence-corrected chi connectivity index (χ3v) is 4.11. The van der Waals surface area contributed by atoms with E-state index in [1.54, 1.807) is 16.2 Å². The molecule has 0 aromatic carbocycles. The predicted octanol–water partition coefficient (Wildman–Crippen LogP) is 2.11. The van der Waals surface area contributed by atoms with Gasteiger partial charge in [0.2, 0.25) is 0 Å². The highest BCUT2D eigenvalue weighted by molar-refractivity contribution is 7.07. The van der Waals surface area contributed by atoms with Crippen molar-refractivity contribution in [3.05, 3.63) is 22.4 Å². The number of carboxylic acids is 1. The maximum absolute atomic E-state index is 11.8. The maximum atomic E-state index is 11.8. The number of piperidine rings is 1. The molecule has 1 saturated heterocycles. The Bertz CT molecular complexity index is 425. The number of thiophene rings is 1. The third kappa shape index (κ3) is 3.96. The minimum atomic E-state index is -0.892. The molecule has 0 unspecified atom stereocenters. The van der Waals surface area contributed by atoms with Gasteiger partial charge in [0.1, 0.15) is 0 Å². The van der Waals surface area contributed by atoms with E-state index in [0.717, 1.165) is 25.9 Å². The maximum Gasteiger partial charge on any atom is 0.317 e. The van der Waals surface area contributed by atoms with Gasteiger partial charge in [-0.25, -0.2) is 4.79 Å². The van der Waals surface area contributed by atoms with Crippen LogP contribution in [0.15, 0.2) is 16.8 Å². The first-order chi connectivity index (χ1) is 9.16. The van der Waals surface area contributed by atoms with Gasteiger partial charge in [-0.1, -0.05) is 0 Å². The number of carboxylic acid groups (broad SMARTS) is 1. The zero-order valence-corrected chi connectivity index (χ0v) is 11.5. The summed E-state index contributed by atoms with van der Waals surface area (Å²) in [5, 5.41) is 15.4. The minimum absolute atomic E-state index is 0.0306. The number of hydrogen-bond acceptors (Lipinski definition) is 3. The van der Waals surface area contributed by atoms with Crippen molar-refractivity contribution < 1.29 is 14.7 Å². The molecular formula is C13H18N2O3S. The Hall–Kier alpha value is -1.56. The summed E-state index contributed by atoms with van der Waals surface area (Å²) in [6, 6.07) is 2.00. The van der Waals surface area contributed by atoms with Crippen LogP contribution in [0, 0.1) is 0 Å². The van der Waals surface area contributed by atoms with Gasteiger partial charge in [-0.05, 0) is 41.1 Å². The molecular weight excluding hydrogens is 264 g/mol.